The van der Waals surface area contributed by atoms with Crippen molar-refractivity contribution in [3.05, 3.63) is 57.0 Å². The van der Waals surface area contributed by atoms with E-state index in [1.165, 1.54) is 29.3 Å². The highest BCUT2D eigenvalue weighted by Gasteiger charge is 2.36. The number of imide groups is 1. The Morgan fingerprint density at radius 3 is 2.37 bits per heavy atom. The molecule has 0 aliphatic carbocycles. The Hall–Kier alpha value is -2.88. The highest BCUT2D eigenvalue weighted by molar-refractivity contribution is 6.33. The van der Waals surface area contributed by atoms with Gasteiger partial charge in [0.25, 0.3) is 5.56 Å². The smallest absolute Gasteiger partial charge is 0.350 e. The standard InChI is InChI=1S/C16H12ClF3N4O3/c17-14-11(5-21-22-15(14)27)23-7-12(25)24(13(26)8-23)6-9-3-1-2-4-10(9)16(18,19)20/h1-5H,6-8H2,(H,22,27). The number of halogens is 4. The Labute approximate surface area is 155 Å². The molecule has 2 aromatic rings. The lowest BCUT2D eigenvalue weighted by atomic mass is 10.1. The minimum atomic E-state index is -4.60. The molecule has 0 saturated carbocycles. The number of nitrogens with one attached hydrogen (secondary N) is 1. The Morgan fingerprint density at radius 2 is 1.74 bits per heavy atom. The van der Waals surface area contributed by atoms with Gasteiger partial charge < -0.3 is 4.90 Å². The maximum atomic E-state index is 13.1. The van der Waals surface area contributed by atoms with Crippen molar-refractivity contribution in [1.29, 1.82) is 0 Å². The topological polar surface area (TPSA) is 86.4 Å². The van der Waals surface area contributed by atoms with Crippen molar-refractivity contribution in [2.75, 3.05) is 18.0 Å². The van der Waals surface area contributed by atoms with Crippen LogP contribution in [0, 0.1) is 0 Å². The van der Waals surface area contributed by atoms with E-state index in [4.69, 9.17) is 11.6 Å². The second kappa shape index (κ2) is 7.03. The van der Waals surface area contributed by atoms with Gasteiger partial charge in [0.15, 0.2) is 0 Å². The molecule has 1 aromatic carbocycles. The van der Waals surface area contributed by atoms with Gasteiger partial charge in [-0.3, -0.25) is 19.3 Å². The molecule has 1 aliphatic heterocycles. The normalized spacial score (nSPS) is 15.4. The van der Waals surface area contributed by atoms with E-state index in [1.54, 1.807) is 0 Å². The molecule has 11 heteroatoms. The average Bonchev–Trinajstić information content (AvgIpc) is 2.60. The predicted molar refractivity (Wildman–Crippen MR) is 89.1 cm³/mol. The van der Waals surface area contributed by atoms with Crippen LogP contribution in [0.15, 0.2) is 35.3 Å². The van der Waals surface area contributed by atoms with Gasteiger partial charge in [-0.15, -0.1) is 0 Å². The number of hydrogen-bond donors (Lipinski definition) is 1. The molecule has 0 radical (unpaired) electrons. The second-order valence-corrected chi connectivity index (χ2v) is 6.16. The van der Waals surface area contributed by atoms with Crippen LogP contribution in [-0.2, 0) is 22.3 Å². The molecular formula is C16H12ClF3N4O3. The number of carbonyl (C=O) groups excluding carboxylic acids is 2. The number of alkyl halides is 3. The summed E-state index contributed by atoms with van der Waals surface area (Å²) in [6, 6.07) is 4.74. The van der Waals surface area contributed by atoms with Crippen molar-refractivity contribution < 1.29 is 22.8 Å². The maximum absolute atomic E-state index is 13.1. The summed E-state index contributed by atoms with van der Waals surface area (Å²) in [4.78, 5) is 38.3. The van der Waals surface area contributed by atoms with Gasteiger partial charge in [-0.25, -0.2) is 5.10 Å². The molecule has 7 nitrogen and oxygen atoms in total. The number of H-pyrrole nitrogens is 1. The van der Waals surface area contributed by atoms with Crippen molar-refractivity contribution in [3.63, 3.8) is 0 Å². The van der Waals surface area contributed by atoms with Crippen molar-refractivity contribution in [2.24, 2.45) is 0 Å². The van der Waals surface area contributed by atoms with Gasteiger partial charge in [-0.2, -0.15) is 18.3 Å². The Balaban J connectivity index is 1.84. The zero-order valence-corrected chi connectivity index (χ0v) is 14.3. The fraction of sp³-hybridized carbons (Fsp3) is 0.250. The maximum Gasteiger partial charge on any atom is 0.416 e. The van der Waals surface area contributed by atoms with Crippen LogP contribution in [-0.4, -0.2) is 40.0 Å². The van der Waals surface area contributed by atoms with E-state index in [0.717, 1.165) is 11.0 Å². The lowest BCUT2D eigenvalue weighted by Gasteiger charge is -2.34. The first-order chi connectivity index (χ1) is 12.7. The minimum absolute atomic E-state index is 0.0949. The third kappa shape index (κ3) is 3.80. The summed E-state index contributed by atoms with van der Waals surface area (Å²) in [5, 5.41) is 5.45. The molecule has 3 rings (SSSR count). The van der Waals surface area contributed by atoms with Crippen molar-refractivity contribution in [2.45, 2.75) is 12.7 Å². The summed E-state index contributed by atoms with van der Waals surface area (Å²) < 4.78 is 39.3. The van der Waals surface area contributed by atoms with E-state index >= 15 is 0 Å². The number of carbonyl (C=O) groups is 2. The number of amides is 2. The van der Waals surface area contributed by atoms with Crippen LogP contribution in [0.1, 0.15) is 11.1 Å². The van der Waals surface area contributed by atoms with E-state index in [9.17, 15) is 27.6 Å². The van der Waals surface area contributed by atoms with Crippen LogP contribution < -0.4 is 10.5 Å². The van der Waals surface area contributed by atoms with E-state index in [0.29, 0.717) is 0 Å². The fourth-order valence-electron chi connectivity index (χ4n) is 2.74. The average molecular weight is 401 g/mol. The van der Waals surface area contributed by atoms with Crippen LogP contribution in [0.4, 0.5) is 18.9 Å². The predicted octanol–water partition coefficient (Wildman–Crippen LogP) is 1.82. The van der Waals surface area contributed by atoms with Gasteiger partial charge in [0.05, 0.1) is 37.1 Å². The molecule has 1 saturated heterocycles. The molecule has 0 atom stereocenters. The lowest BCUT2D eigenvalue weighted by Crippen LogP contribution is -2.54. The number of hydrogen-bond acceptors (Lipinski definition) is 5. The first-order valence-electron chi connectivity index (χ1n) is 7.65. The summed E-state index contributed by atoms with van der Waals surface area (Å²) >= 11 is 5.87. The summed E-state index contributed by atoms with van der Waals surface area (Å²) in [7, 11) is 0. The second-order valence-electron chi connectivity index (χ2n) is 5.78. The monoisotopic (exact) mass is 400 g/mol. The molecule has 1 aromatic heterocycles. The number of rotatable bonds is 3. The summed E-state index contributed by atoms with van der Waals surface area (Å²) in [6.45, 7) is -1.15. The number of anilines is 1. The van der Waals surface area contributed by atoms with E-state index in [1.807, 2.05) is 0 Å². The summed E-state index contributed by atoms with van der Waals surface area (Å²) in [5.41, 5.74) is -1.68. The van der Waals surface area contributed by atoms with Gasteiger partial charge in [-0.05, 0) is 11.6 Å². The van der Waals surface area contributed by atoms with E-state index < -0.39 is 35.7 Å². The van der Waals surface area contributed by atoms with Crippen LogP contribution in [0.25, 0.3) is 0 Å². The quantitative estimate of drug-likeness (QED) is 0.794. The van der Waals surface area contributed by atoms with Gasteiger partial charge in [0.1, 0.15) is 5.02 Å². The molecule has 27 heavy (non-hydrogen) atoms. The molecule has 0 bridgehead atoms. The Morgan fingerprint density at radius 1 is 1.11 bits per heavy atom. The fourth-order valence-corrected chi connectivity index (χ4v) is 2.95. The third-order valence-electron chi connectivity index (χ3n) is 4.02. The number of piperazine rings is 1. The number of nitrogens with zero attached hydrogens (tertiary/aromatic N) is 3. The third-order valence-corrected chi connectivity index (χ3v) is 4.39. The molecule has 0 unspecified atom stereocenters. The zero-order valence-electron chi connectivity index (χ0n) is 13.6. The van der Waals surface area contributed by atoms with Gasteiger partial charge >= 0.3 is 6.18 Å². The Bertz CT molecular complexity index is 942. The molecule has 1 fully saturated rings. The molecule has 1 N–H and O–H groups in total. The molecular weight excluding hydrogens is 389 g/mol. The van der Waals surface area contributed by atoms with Crippen LogP contribution in [0.3, 0.4) is 0 Å². The SMILES string of the molecule is O=C1CN(c2cn[nH]c(=O)c2Cl)CC(=O)N1Cc1ccccc1C(F)(F)F. The van der Waals surface area contributed by atoms with Gasteiger partial charge in [0, 0.05) is 0 Å². The highest BCUT2D eigenvalue weighted by Crippen LogP contribution is 2.33. The van der Waals surface area contributed by atoms with Crippen LogP contribution in [0.2, 0.25) is 5.02 Å². The number of benzene rings is 1. The number of aromatic nitrogens is 2. The Kier molecular flexibility index (Phi) is 4.92. The summed E-state index contributed by atoms with van der Waals surface area (Å²) in [6.07, 6.45) is -3.41. The van der Waals surface area contributed by atoms with Gasteiger partial charge in [-0.1, -0.05) is 29.8 Å². The molecule has 142 valence electrons. The first kappa shape index (κ1) is 18.9. The van der Waals surface area contributed by atoms with Crippen LogP contribution in [0.5, 0.6) is 0 Å². The van der Waals surface area contributed by atoms with E-state index in [2.05, 4.69) is 10.2 Å². The molecule has 2 heterocycles. The zero-order chi connectivity index (χ0) is 19.8. The highest BCUT2D eigenvalue weighted by atomic mass is 35.5. The van der Waals surface area contributed by atoms with Crippen molar-refractivity contribution in [1.82, 2.24) is 15.1 Å². The minimum Gasteiger partial charge on any atom is -0.350 e. The first-order valence-corrected chi connectivity index (χ1v) is 8.02. The van der Waals surface area contributed by atoms with Crippen molar-refractivity contribution >= 4 is 29.1 Å². The molecule has 0 spiro atoms. The van der Waals surface area contributed by atoms with Crippen LogP contribution >= 0.6 is 11.6 Å². The molecule has 1 aliphatic rings. The largest absolute Gasteiger partial charge is 0.416 e. The van der Waals surface area contributed by atoms with Gasteiger partial charge in [0.2, 0.25) is 11.8 Å². The van der Waals surface area contributed by atoms with E-state index in [-0.39, 0.29) is 29.4 Å². The lowest BCUT2D eigenvalue weighted by molar-refractivity contribution is -0.148. The molecule has 2 amide bonds. The van der Waals surface area contributed by atoms with Crippen molar-refractivity contribution in [3.8, 4) is 0 Å². The summed E-state index contributed by atoms with van der Waals surface area (Å²) in [5.74, 6) is -1.42. The number of aromatic amines is 1.